The third-order valence-corrected chi connectivity index (χ3v) is 2.44. The summed E-state index contributed by atoms with van der Waals surface area (Å²) in [6.07, 6.45) is 4.93. The van der Waals surface area contributed by atoms with E-state index in [1.807, 2.05) is 0 Å². The van der Waals surface area contributed by atoms with E-state index in [-0.39, 0.29) is 5.54 Å². The van der Waals surface area contributed by atoms with Crippen LogP contribution in [0, 0.1) is 0 Å². The smallest absolute Gasteiger partial charge is 0.128 e. The number of likely N-dealkylation sites (N-methyl/N-ethyl adjacent to an activating group) is 1. The highest BCUT2D eigenvalue weighted by Gasteiger charge is 2.46. The van der Waals surface area contributed by atoms with Crippen molar-refractivity contribution in [3.63, 3.8) is 0 Å². The lowest BCUT2D eigenvalue weighted by Gasteiger charge is -2.16. The average Bonchev–Trinajstić information content (AvgIpc) is 2.65. The zero-order valence-electron chi connectivity index (χ0n) is 8.72. The number of rotatable bonds is 4. The molecule has 0 radical (unpaired) electrons. The molecule has 1 heterocycles. The molecule has 70 valence electrons. The maximum atomic E-state index is 4.61. The fraction of sp³-hybridized carbons (Fsp3) is 0.900. The highest BCUT2D eigenvalue weighted by atomic mass is 15.3. The molecule has 0 aromatic heterocycles. The van der Waals surface area contributed by atoms with Crippen molar-refractivity contribution in [1.29, 1.82) is 0 Å². The Morgan fingerprint density at radius 3 is 1.92 bits per heavy atom. The Labute approximate surface area is 75.7 Å². The first-order chi connectivity index (χ1) is 5.66. The summed E-state index contributed by atoms with van der Waals surface area (Å²) in [6, 6.07) is 0. The van der Waals surface area contributed by atoms with Crippen LogP contribution in [0.1, 0.15) is 39.5 Å². The van der Waals surface area contributed by atoms with E-state index >= 15 is 0 Å². The lowest BCUT2D eigenvalue weighted by Crippen LogP contribution is -2.28. The molecule has 0 saturated heterocycles. The van der Waals surface area contributed by atoms with Crippen molar-refractivity contribution in [3.8, 4) is 0 Å². The molecular weight excluding hydrogens is 148 g/mol. The van der Waals surface area contributed by atoms with Gasteiger partial charge in [-0.2, -0.15) is 0 Å². The molecule has 2 heteroatoms. The molecule has 0 aromatic carbocycles. The third-order valence-electron chi connectivity index (χ3n) is 2.44. The summed E-state index contributed by atoms with van der Waals surface area (Å²) in [6.45, 7) is 4.47. The van der Waals surface area contributed by atoms with Gasteiger partial charge in [0.15, 0.2) is 0 Å². The van der Waals surface area contributed by atoms with E-state index < -0.39 is 0 Å². The second-order valence-corrected chi connectivity index (χ2v) is 3.86. The van der Waals surface area contributed by atoms with E-state index in [9.17, 15) is 0 Å². The molecular formula is C10H20N2. The molecule has 0 N–H and O–H groups in total. The molecule has 0 atom stereocenters. The summed E-state index contributed by atoms with van der Waals surface area (Å²) in [5.74, 6) is 1.31. The van der Waals surface area contributed by atoms with E-state index in [0.717, 1.165) is 0 Å². The Bertz CT molecular complexity index is 176. The first-order valence-corrected chi connectivity index (χ1v) is 4.94. The quantitative estimate of drug-likeness (QED) is 0.629. The second-order valence-electron chi connectivity index (χ2n) is 3.86. The largest absolute Gasteiger partial charge is 0.364 e. The van der Waals surface area contributed by atoms with Gasteiger partial charge >= 0.3 is 0 Å². The van der Waals surface area contributed by atoms with E-state index in [2.05, 4.69) is 37.8 Å². The zero-order valence-corrected chi connectivity index (χ0v) is 8.72. The topological polar surface area (TPSA) is 15.6 Å². The Hall–Kier alpha value is -0.530. The molecule has 0 fully saturated rings. The van der Waals surface area contributed by atoms with Gasteiger partial charge in [-0.3, -0.25) is 4.99 Å². The molecule has 1 aliphatic heterocycles. The van der Waals surface area contributed by atoms with Gasteiger partial charge in [0.25, 0.3) is 0 Å². The minimum atomic E-state index is 0.257. The average molecular weight is 168 g/mol. The Balaban J connectivity index is 2.46. The van der Waals surface area contributed by atoms with Crippen LogP contribution in [0.25, 0.3) is 0 Å². The minimum Gasteiger partial charge on any atom is -0.364 e. The molecule has 0 amide bonds. The fourth-order valence-electron chi connectivity index (χ4n) is 1.98. The fourth-order valence-corrected chi connectivity index (χ4v) is 1.98. The first kappa shape index (κ1) is 9.56. The van der Waals surface area contributed by atoms with Crippen molar-refractivity contribution in [2.45, 2.75) is 45.1 Å². The molecule has 12 heavy (non-hydrogen) atoms. The Morgan fingerprint density at radius 1 is 1.17 bits per heavy atom. The molecule has 0 aromatic rings. The molecule has 0 spiro atoms. The zero-order chi connectivity index (χ0) is 9.19. The van der Waals surface area contributed by atoms with Gasteiger partial charge in [0, 0.05) is 14.1 Å². The SMILES string of the molecule is CCCC1(CCC)N=C1N(C)C. The highest BCUT2D eigenvalue weighted by molar-refractivity contribution is 6.03. The predicted molar refractivity (Wildman–Crippen MR) is 53.7 cm³/mol. The monoisotopic (exact) mass is 168 g/mol. The number of nitrogens with zero attached hydrogens (tertiary/aromatic N) is 2. The van der Waals surface area contributed by atoms with Crippen LogP contribution < -0.4 is 0 Å². The summed E-state index contributed by atoms with van der Waals surface area (Å²) in [4.78, 5) is 6.77. The first-order valence-electron chi connectivity index (χ1n) is 4.94. The standard InChI is InChI=1S/C10H20N2/c1-5-7-10(8-6-2)9(11-10)12(3)4/h5-8H2,1-4H3. The van der Waals surface area contributed by atoms with Crippen LogP contribution >= 0.6 is 0 Å². The van der Waals surface area contributed by atoms with Crippen LogP contribution in [0.4, 0.5) is 0 Å². The number of hydrogen-bond acceptors (Lipinski definition) is 2. The van der Waals surface area contributed by atoms with Crippen molar-refractivity contribution in [2.24, 2.45) is 4.99 Å². The van der Waals surface area contributed by atoms with E-state index in [4.69, 9.17) is 0 Å². The Morgan fingerprint density at radius 2 is 1.67 bits per heavy atom. The van der Waals surface area contributed by atoms with Crippen LogP contribution in [-0.2, 0) is 0 Å². The maximum Gasteiger partial charge on any atom is 0.128 e. The van der Waals surface area contributed by atoms with Crippen LogP contribution in [0.5, 0.6) is 0 Å². The van der Waals surface area contributed by atoms with Crippen LogP contribution in [0.15, 0.2) is 4.99 Å². The summed E-state index contributed by atoms with van der Waals surface area (Å²) in [5.41, 5.74) is 0.257. The van der Waals surface area contributed by atoms with Crippen molar-refractivity contribution in [3.05, 3.63) is 0 Å². The molecule has 0 bridgehead atoms. The van der Waals surface area contributed by atoms with Crippen LogP contribution in [-0.4, -0.2) is 30.4 Å². The van der Waals surface area contributed by atoms with Crippen molar-refractivity contribution < 1.29 is 0 Å². The molecule has 1 aliphatic rings. The summed E-state index contributed by atoms with van der Waals surface area (Å²) in [5, 5.41) is 0. The van der Waals surface area contributed by atoms with E-state index in [0.29, 0.717) is 0 Å². The van der Waals surface area contributed by atoms with Gasteiger partial charge < -0.3 is 4.90 Å². The highest BCUT2D eigenvalue weighted by Crippen LogP contribution is 2.38. The van der Waals surface area contributed by atoms with Crippen LogP contribution in [0.3, 0.4) is 0 Å². The van der Waals surface area contributed by atoms with Gasteiger partial charge in [-0.15, -0.1) is 0 Å². The molecule has 0 unspecified atom stereocenters. The second kappa shape index (κ2) is 3.46. The maximum absolute atomic E-state index is 4.61. The van der Waals surface area contributed by atoms with Crippen molar-refractivity contribution in [2.75, 3.05) is 14.1 Å². The lowest BCUT2D eigenvalue weighted by molar-refractivity contribution is 0.507. The van der Waals surface area contributed by atoms with Gasteiger partial charge in [0.05, 0.1) is 0 Å². The predicted octanol–water partition coefficient (Wildman–Crippen LogP) is 2.30. The summed E-state index contributed by atoms with van der Waals surface area (Å²) >= 11 is 0. The third kappa shape index (κ3) is 1.62. The van der Waals surface area contributed by atoms with Gasteiger partial charge in [0.1, 0.15) is 11.4 Å². The van der Waals surface area contributed by atoms with E-state index in [1.165, 1.54) is 31.5 Å². The van der Waals surface area contributed by atoms with Crippen molar-refractivity contribution >= 4 is 5.84 Å². The summed E-state index contributed by atoms with van der Waals surface area (Å²) in [7, 11) is 4.18. The van der Waals surface area contributed by atoms with E-state index in [1.54, 1.807) is 0 Å². The van der Waals surface area contributed by atoms with Crippen LogP contribution in [0.2, 0.25) is 0 Å². The van der Waals surface area contributed by atoms with Gasteiger partial charge in [-0.25, -0.2) is 0 Å². The van der Waals surface area contributed by atoms with Crippen molar-refractivity contribution in [1.82, 2.24) is 4.90 Å². The number of aliphatic imine (C=N–C) groups is 1. The number of amidine groups is 1. The minimum absolute atomic E-state index is 0.257. The molecule has 0 saturated carbocycles. The van der Waals surface area contributed by atoms with Gasteiger partial charge in [0.2, 0.25) is 0 Å². The number of hydrogen-bond donors (Lipinski definition) is 0. The lowest BCUT2D eigenvalue weighted by atomic mass is 9.95. The Kier molecular flexibility index (Phi) is 2.76. The summed E-state index contributed by atoms with van der Waals surface area (Å²) < 4.78 is 0. The molecule has 1 rings (SSSR count). The molecule has 0 aliphatic carbocycles. The van der Waals surface area contributed by atoms with Gasteiger partial charge in [-0.1, -0.05) is 26.7 Å². The molecule has 2 nitrogen and oxygen atoms in total. The van der Waals surface area contributed by atoms with Gasteiger partial charge in [-0.05, 0) is 12.8 Å². The normalized spacial score (nSPS) is 18.8.